The van der Waals surface area contributed by atoms with Gasteiger partial charge >= 0.3 is 0 Å². The molecule has 60 valence electrons. The Morgan fingerprint density at radius 1 is 1.45 bits per heavy atom. The van der Waals surface area contributed by atoms with Gasteiger partial charge in [0.1, 0.15) is 11.9 Å². The van der Waals surface area contributed by atoms with E-state index in [1.807, 2.05) is 6.08 Å². The summed E-state index contributed by atoms with van der Waals surface area (Å²) >= 11 is 0. The third kappa shape index (κ3) is 0.979. The topological polar surface area (TPSA) is 18.5 Å². The van der Waals surface area contributed by atoms with E-state index in [1.165, 1.54) is 5.57 Å². The van der Waals surface area contributed by atoms with Crippen LogP contribution < -0.4 is 0 Å². The second kappa shape index (κ2) is 2.38. The molecule has 0 amide bonds. The Morgan fingerprint density at radius 3 is 3.09 bits per heavy atom. The second-order valence-corrected chi connectivity index (χ2v) is 3.12. The summed E-state index contributed by atoms with van der Waals surface area (Å²) in [6.07, 6.45) is 4.29. The van der Waals surface area contributed by atoms with Crippen LogP contribution in [0.25, 0.3) is 0 Å². The van der Waals surface area contributed by atoms with Crippen molar-refractivity contribution in [2.45, 2.75) is 20.0 Å². The molecule has 0 bridgehead atoms. The first-order chi connectivity index (χ1) is 5.29. The van der Waals surface area contributed by atoms with Crippen molar-refractivity contribution in [1.29, 1.82) is 0 Å². The van der Waals surface area contributed by atoms with Crippen LogP contribution in [-0.2, 0) is 9.47 Å². The summed E-state index contributed by atoms with van der Waals surface area (Å²) in [7, 11) is 0. The van der Waals surface area contributed by atoms with E-state index in [0.717, 1.165) is 5.76 Å². The molecule has 2 unspecified atom stereocenters. The van der Waals surface area contributed by atoms with Crippen molar-refractivity contribution < 1.29 is 9.47 Å². The SMILES string of the molecule is CC1=CC=C2OCOC2C1C. The first-order valence-electron chi connectivity index (χ1n) is 3.92. The molecule has 0 aromatic carbocycles. The largest absolute Gasteiger partial charge is 0.469 e. The van der Waals surface area contributed by atoms with Crippen molar-refractivity contribution in [2.75, 3.05) is 6.79 Å². The highest BCUT2D eigenvalue weighted by molar-refractivity contribution is 5.26. The molecule has 2 atom stereocenters. The van der Waals surface area contributed by atoms with Gasteiger partial charge in [-0.15, -0.1) is 0 Å². The number of fused-ring (bicyclic) bond motifs is 1. The molecule has 2 heteroatoms. The fraction of sp³-hybridized carbons (Fsp3) is 0.556. The van der Waals surface area contributed by atoms with Gasteiger partial charge < -0.3 is 9.47 Å². The van der Waals surface area contributed by atoms with E-state index in [0.29, 0.717) is 12.7 Å². The van der Waals surface area contributed by atoms with Gasteiger partial charge in [-0.3, -0.25) is 0 Å². The molecule has 2 rings (SSSR count). The number of allylic oxidation sites excluding steroid dienone is 2. The maximum absolute atomic E-state index is 5.41. The normalized spacial score (nSPS) is 35.5. The van der Waals surface area contributed by atoms with Gasteiger partial charge in [-0.25, -0.2) is 0 Å². The van der Waals surface area contributed by atoms with Crippen LogP contribution in [0.1, 0.15) is 13.8 Å². The molecular formula is C9H12O2. The molecule has 1 saturated heterocycles. The molecule has 2 aliphatic rings. The van der Waals surface area contributed by atoms with Gasteiger partial charge in [-0.05, 0) is 13.0 Å². The van der Waals surface area contributed by atoms with Crippen LogP contribution in [0.2, 0.25) is 0 Å². The van der Waals surface area contributed by atoms with Crippen LogP contribution >= 0.6 is 0 Å². The minimum Gasteiger partial charge on any atom is -0.469 e. The molecule has 0 saturated carbocycles. The van der Waals surface area contributed by atoms with Crippen molar-refractivity contribution in [3.05, 3.63) is 23.5 Å². The fourth-order valence-corrected chi connectivity index (χ4v) is 1.48. The smallest absolute Gasteiger partial charge is 0.189 e. The van der Waals surface area contributed by atoms with Gasteiger partial charge in [0.25, 0.3) is 0 Å². The highest BCUT2D eigenvalue weighted by Gasteiger charge is 2.31. The Labute approximate surface area is 66.5 Å². The van der Waals surface area contributed by atoms with E-state index in [-0.39, 0.29) is 6.10 Å². The summed E-state index contributed by atoms with van der Waals surface area (Å²) in [5.41, 5.74) is 1.37. The fourth-order valence-electron chi connectivity index (χ4n) is 1.48. The molecule has 1 aliphatic heterocycles. The zero-order valence-electron chi connectivity index (χ0n) is 6.83. The van der Waals surface area contributed by atoms with Gasteiger partial charge in [-0.1, -0.05) is 18.6 Å². The predicted molar refractivity (Wildman–Crippen MR) is 41.8 cm³/mol. The summed E-state index contributed by atoms with van der Waals surface area (Å²) in [6, 6.07) is 0. The molecule has 0 spiro atoms. The number of hydrogen-bond acceptors (Lipinski definition) is 2. The summed E-state index contributed by atoms with van der Waals surface area (Å²) in [4.78, 5) is 0. The lowest BCUT2D eigenvalue weighted by Gasteiger charge is -2.21. The lowest BCUT2D eigenvalue weighted by atomic mass is 9.91. The first-order valence-corrected chi connectivity index (χ1v) is 3.92. The highest BCUT2D eigenvalue weighted by Crippen LogP contribution is 2.31. The molecule has 1 fully saturated rings. The van der Waals surface area contributed by atoms with Crippen molar-refractivity contribution in [3.8, 4) is 0 Å². The minimum absolute atomic E-state index is 0.181. The van der Waals surface area contributed by atoms with Crippen LogP contribution in [0.5, 0.6) is 0 Å². The predicted octanol–water partition coefficient (Wildman–Crippen LogP) is 1.84. The van der Waals surface area contributed by atoms with E-state index in [2.05, 4.69) is 19.9 Å². The minimum atomic E-state index is 0.181. The lowest BCUT2D eigenvalue weighted by Crippen LogP contribution is -2.21. The van der Waals surface area contributed by atoms with E-state index < -0.39 is 0 Å². The van der Waals surface area contributed by atoms with Crippen LogP contribution in [0.3, 0.4) is 0 Å². The second-order valence-electron chi connectivity index (χ2n) is 3.12. The van der Waals surface area contributed by atoms with Crippen LogP contribution in [0, 0.1) is 5.92 Å². The molecule has 11 heavy (non-hydrogen) atoms. The molecule has 0 aromatic rings. The molecule has 0 radical (unpaired) electrons. The van der Waals surface area contributed by atoms with Gasteiger partial charge in [-0.2, -0.15) is 0 Å². The van der Waals surface area contributed by atoms with Gasteiger partial charge in [0.05, 0.1) is 0 Å². The number of rotatable bonds is 0. The maximum Gasteiger partial charge on any atom is 0.189 e. The maximum atomic E-state index is 5.41. The molecular weight excluding hydrogens is 140 g/mol. The average Bonchev–Trinajstić information content (AvgIpc) is 2.45. The monoisotopic (exact) mass is 152 g/mol. The average molecular weight is 152 g/mol. The quantitative estimate of drug-likeness (QED) is 0.527. The van der Waals surface area contributed by atoms with E-state index >= 15 is 0 Å². The van der Waals surface area contributed by atoms with Gasteiger partial charge in [0.2, 0.25) is 0 Å². The van der Waals surface area contributed by atoms with E-state index in [1.54, 1.807) is 0 Å². The first kappa shape index (κ1) is 6.92. The highest BCUT2D eigenvalue weighted by atomic mass is 16.7. The molecule has 1 aliphatic carbocycles. The molecule has 1 heterocycles. The van der Waals surface area contributed by atoms with Crippen LogP contribution in [0.15, 0.2) is 23.5 Å². The number of ether oxygens (including phenoxy) is 2. The van der Waals surface area contributed by atoms with E-state index in [9.17, 15) is 0 Å². The van der Waals surface area contributed by atoms with Gasteiger partial charge in [0, 0.05) is 5.92 Å². The summed E-state index contributed by atoms with van der Waals surface area (Å²) in [5.74, 6) is 1.46. The Hall–Kier alpha value is -0.760. The lowest BCUT2D eigenvalue weighted by molar-refractivity contribution is 0.0372. The zero-order valence-corrected chi connectivity index (χ0v) is 6.83. The van der Waals surface area contributed by atoms with Crippen molar-refractivity contribution in [2.24, 2.45) is 5.92 Å². The molecule has 0 aromatic heterocycles. The third-order valence-corrected chi connectivity index (χ3v) is 2.44. The van der Waals surface area contributed by atoms with Crippen molar-refractivity contribution >= 4 is 0 Å². The van der Waals surface area contributed by atoms with Crippen LogP contribution in [-0.4, -0.2) is 12.9 Å². The third-order valence-electron chi connectivity index (χ3n) is 2.44. The molecule has 2 nitrogen and oxygen atoms in total. The number of hydrogen-bond donors (Lipinski definition) is 0. The Balaban J connectivity index is 2.29. The Morgan fingerprint density at radius 2 is 2.27 bits per heavy atom. The summed E-state index contributed by atoms with van der Waals surface area (Å²) in [5, 5.41) is 0. The molecule has 0 N–H and O–H groups in total. The standard InChI is InChI=1S/C9H12O2/c1-6-3-4-8-9(7(6)2)11-5-10-8/h3-4,7,9H,5H2,1-2H3. The zero-order chi connectivity index (χ0) is 7.84. The van der Waals surface area contributed by atoms with Crippen molar-refractivity contribution in [1.82, 2.24) is 0 Å². The van der Waals surface area contributed by atoms with E-state index in [4.69, 9.17) is 9.47 Å². The van der Waals surface area contributed by atoms with Crippen molar-refractivity contribution in [3.63, 3.8) is 0 Å². The van der Waals surface area contributed by atoms with Gasteiger partial charge in [0.15, 0.2) is 6.79 Å². The van der Waals surface area contributed by atoms with Crippen LogP contribution in [0.4, 0.5) is 0 Å². The Kier molecular flexibility index (Phi) is 1.50. The summed E-state index contributed by atoms with van der Waals surface area (Å²) < 4.78 is 10.7. The Bertz CT molecular complexity index is 228. The summed E-state index contributed by atoms with van der Waals surface area (Å²) in [6.45, 7) is 4.71.